The number of nitrogens with zero attached hydrogens (tertiary/aromatic N) is 6. The Morgan fingerprint density at radius 1 is 0.358 bits per heavy atom. The Kier molecular flexibility index (Phi) is 14.9. The third-order valence-corrected chi connectivity index (χ3v) is 7.46. The van der Waals surface area contributed by atoms with Gasteiger partial charge in [0, 0.05) is 43.8 Å². The van der Waals surface area contributed by atoms with Crippen LogP contribution in [0.3, 0.4) is 0 Å². The van der Waals surface area contributed by atoms with Gasteiger partial charge in [-0.05, 0) is 0 Å². The molecule has 2 aliphatic heterocycles. The van der Waals surface area contributed by atoms with Gasteiger partial charge in [-0.15, -0.1) is 0 Å². The Morgan fingerprint density at radius 2 is 0.547 bits per heavy atom. The second kappa shape index (κ2) is 18.0. The normalized spacial score (nSPS) is 11.3. The average Bonchev–Trinajstić information content (AvgIpc) is 3.79. The van der Waals surface area contributed by atoms with Crippen LogP contribution in [0, 0.1) is 0 Å². The molecule has 3 aromatic heterocycles. The molecule has 0 radical (unpaired) electrons. The first-order valence-corrected chi connectivity index (χ1v) is 17.4. The van der Waals surface area contributed by atoms with E-state index in [0.29, 0.717) is 45.9 Å². The fourth-order valence-corrected chi connectivity index (χ4v) is 5.59. The summed E-state index contributed by atoms with van der Waals surface area (Å²) in [7, 11) is -10.8. The molecule has 0 saturated carbocycles. The van der Waals surface area contributed by atoms with Crippen molar-refractivity contribution >= 4 is 173 Å². The maximum absolute atomic E-state index is 8.55. The van der Waals surface area contributed by atoms with E-state index < -0.39 is 15.6 Å². The molecule has 0 fully saturated rings. The molecule has 0 unspecified atom stereocenters. The zero-order valence-electron chi connectivity index (χ0n) is 27.2. The summed E-state index contributed by atoms with van der Waals surface area (Å²) in [4.78, 5) is 88.1. The molecule has 2 aliphatic rings. The largest absolute Gasteiger partial charge is 2.00 e. The molecule has 250 valence electrons. The Balaban J connectivity index is 0.000000432. The molecular formula is C32H18Ca3N8O8P2. The van der Waals surface area contributed by atoms with Gasteiger partial charge in [0.1, 0.15) is 22.6 Å². The standard InChI is InChI=1S/C32H18N8.3Ca.2H3O4P/c1-2-10-18-17(9-1)25-33-26(18)38-28-21-13-5-6-14-22(21)30(35-28)40-32-24-16-8-7-15-23(24)31(36-32)39-29-20-12-4-3-11-19(20)27(34-29)37-25;;;;2*1-5(2,3)4/h1-16H,(H2,33,34,35,36,37,38,39,40);;;;2*(H3,1,2,3,4)/q;3*+2;;/p-6. The van der Waals surface area contributed by atoms with Gasteiger partial charge in [-0.3, -0.25) is 0 Å². The maximum atomic E-state index is 8.55. The predicted molar refractivity (Wildman–Crippen MR) is 189 cm³/mol. The number of rotatable bonds is 0. The minimum atomic E-state index is -5.39. The number of phosphoric acid groups is 2. The van der Waals surface area contributed by atoms with Gasteiger partial charge in [-0.2, -0.15) is 15.6 Å². The SMILES string of the molecule is O=P([O-])([O-])[O-].O=P([O-])([O-])[O-].[Ca+2].[Ca+2].[Ca+2].c1ccc2c(c1)-c1nc-2nc2[nH]c(nc3nc(nc4[nH]c(n1)c1ccccc41)-c1ccccc1-3)c1ccccc21. The Hall–Kier alpha value is -1.76. The third kappa shape index (κ3) is 10.4. The monoisotopic (exact) mass is 824 g/mol. The fraction of sp³-hybridized carbons (Fsp3) is 0. The molecule has 9 rings (SSSR count). The Morgan fingerprint density at radius 3 is 0.755 bits per heavy atom. The first-order valence-electron chi connectivity index (χ1n) is 14.5. The van der Waals surface area contributed by atoms with Crippen molar-refractivity contribution < 1.29 is 38.5 Å². The minimum Gasteiger partial charge on any atom is -0.822 e. The number of hydrogen-bond acceptors (Lipinski definition) is 14. The van der Waals surface area contributed by atoms with E-state index in [-0.39, 0.29) is 113 Å². The van der Waals surface area contributed by atoms with Crippen LogP contribution in [0.25, 0.3) is 89.7 Å². The van der Waals surface area contributed by atoms with Crippen LogP contribution in [0.15, 0.2) is 97.1 Å². The van der Waals surface area contributed by atoms with Crippen molar-refractivity contribution in [3.63, 3.8) is 0 Å². The summed E-state index contributed by atoms with van der Waals surface area (Å²) in [6.45, 7) is 0. The van der Waals surface area contributed by atoms with E-state index in [0.717, 1.165) is 43.8 Å². The van der Waals surface area contributed by atoms with E-state index in [1.165, 1.54) is 0 Å². The molecule has 2 N–H and O–H groups in total. The first kappa shape index (κ1) is 44.0. The topological polar surface area (TPSA) is 281 Å². The van der Waals surface area contributed by atoms with Crippen LogP contribution in [0.4, 0.5) is 0 Å². The molecule has 0 saturated heterocycles. The van der Waals surface area contributed by atoms with Crippen molar-refractivity contribution in [1.82, 2.24) is 39.9 Å². The summed E-state index contributed by atoms with van der Waals surface area (Å²) in [6.07, 6.45) is 0. The number of aromatic nitrogens is 8. The van der Waals surface area contributed by atoms with Gasteiger partial charge >= 0.3 is 113 Å². The van der Waals surface area contributed by atoms with E-state index in [2.05, 4.69) is 9.97 Å². The number of aromatic amines is 2. The van der Waals surface area contributed by atoms with Crippen molar-refractivity contribution in [2.24, 2.45) is 0 Å². The van der Waals surface area contributed by atoms with Crippen LogP contribution in [0.5, 0.6) is 0 Å². The van der Waals surface area contributed by atoms with Gasteiger partial charge in [-0.1, -0.05) is 97.1 Å². The van der Waals surface area contributed by atoms with Crippen molar-refractivity contribution in [3.8, 4) is 45.6 Å². The van der Waals surface area contributed by atoms with Crippen LogP contribution in [-0.2, 0) is 9.13 Å². The molecule has 53 heavy (non-hydrogen) atoms. The van der Waals surface area contributed by atoms with Crippen LogP contribution in [-0.4, -0.2) is 153 Å². The molecule has 4 aromatic carbocycles. The number of benzene rings is 4. The zero-order valence-corrected chi connectivity index (χ0v) is 35.6. The number of nitrogens with one attached hydrogen (secondary N) is 2. The van der Waals surface area contributed by atoms with Crippen LogP contribution in [0.2, 0.25) is 0 Å². The van der Waals surface area contributed by atoms with Gasteiger partial charge in [0.25, 0.3) is 0 Å². The summed E-state index contributed by atoms with van der Waals surface area (Å²) in [5.74, 6) is 2.39. The van der Waals surface area contributed by atoms with E-state index in [1.54, 1.807) is 0 Å². The van der Waals surface area contributed by atoms with Gasteiger partial charge in [0.05, 0.1) is 0 Å². The Labute approximate surface area is 388 Å². The summed E-state index contributed by atoms with van der Waals surface area (Å²) in [5, 5.41) is 3.82. The Bertz CT molecular complexity index is 2380. The molecule has 0 atom stereocenters. The molecule has 5 heterocycles. The second-order valence-electron chi connectivity index (χ2n) is 10.7. The molecule has 7 aromatic rings. The molecule has 21 heteroatoms. The van der Waals surface area contributed by atoms with Crippen LogP contribution in [0.1, 0.15) is 0 Å². The van der Waals surface area contributed by atoms with E-state index >= 15 is 0 Å². The van der Waals surface area contributed by atoms with Gasteiger partial charge < -0.3 is 48.5 Å². The minimum absolute atomic E-state index is 0. The van der Waals surface area contributed by atoms with Crippen LogP contribution >= 0.6 is 15.6 Å². The van der Waals surface area contributed by atoms with Gasteiger partial charge in [0.15, 0.2) is 23.3 Å². The summed E-state index contributed by atoms with van der Waals surface area (Å²) >= 11 is 0. The predicted octanol–water partition coefficient (Wildman–Crippen LogP) is 0.0776. The van der Waals surface area contributed by atoms with E-state index in [9.17, 15) is 0 Å². The fourth-order valence-electron chi connectivity index (χ4n) is 5.59. The average molecular weight is 825 g/mol. The summed E-state index contributed by atoms with van der Waals surface area (Å²) in [5.41, 5.74) is 6.45. The molecule has 16 nitrogen and oxygen atoms in total. The quantitative estimate of drug-likeness (QED) is 0.151. The van der Waals surface area contributed by atoms with Crippen molar-refractivity contribution in [2.45, 2.75) is 0 Å². The van der Waals surface area contributed by atoms with E-state index in [4.69, 9.17) is 68.4 Å². The molecule has 0 amide bonds. The summed E-state index contributed by atoms with van der Waals surface area (Å²) in [6, 6.07) is 32.2. The molecule has 8 bridgehead atoms. The molecular weight excluding hydrogens is 807 g/mol. The number of H-pyrrole nitrogens is 2. The zero-order chi connectivity index (χ0) is 35.2. The third-order valence-electron chi connectivity index (χ3n) is 7.46. The maximum Gasteiger partial charge on any atom is 2.00 e. The smallest absolute Gasteiger partial charge is 0.822 e. The van der Waals surface area contributed by atoms with Crippen molar-refractivity contribution in [1.29, 1.82) is 0 Å². The van der Waals surface area contributed by atoms with Gasteiger partial charge in [0.2, 0.25) is 0 Å². The van der Waals surface area contributed by atoms with Crippen molar-refractivity contribution in [2.75, 3.05) is 0 Å². The molecule has 0 aliphatic carbocycles. The van der Waals surface area contributed by atoms with Crippen molar-refractivity contribution in [3.05, 3.63) is 97.1 Å². The van der Waals surface area contributed by atoms with E-state index in [1.807, 2.05) is 97.1 Å². The van der Waals surface area contributed by atoms with Gasteiger partial charge in [-0.25, -0.2) is 29.9 Å². The number of hydrogen-bond donors (Lipinski definition) is 2. The second-order valence-corrected chi connectivity index (χ2v) is 12.5. The van der Waals surface area contributed by atoms with Crippen LogP contribution < -0.4 is 29.4 Å². The number of fused-ring (bicyclic) bond motifs is 20. The first-order chi connectivity index (χ1) is 23.8. The molecule has 0 spiro atoms. The summed E-state index contributed by atoms with van der Waals surface area (Å²) < 4.78 is 17.1.